The number of para-hydroxylation sites is 1. The van der Waals surface area contributed by atoms with E-state index in [1.54, 1.807) is 0 Å². The summed E-state index contributed by atoms with van der Waals surface area (Å²) in [5.41, 5.74) is 2.98. The van der Waals surface area contributed by atoms with Gasteiger partial charge in [0.2, 0.25) is 0 Å². The van der Waals surface area contributed by atoms with Crippen molar-refractivity contribution in [3.05, 3.63) is 30.3 Å². The summed E-state index contributed by atoms with van der Waals surface area (Å²) in [7, 11) is 0. The highest BCUT2D eigenvalue weighted by molar-refractivity contribution is 5.20. The van der Waals surface area contributed by atoms with Crippen LogP contribution in [0.3, 0.4) is 0 Å². The number of hydrazine groups is 1. The van der Waals surface area contributed by atoms with Crippen molar-refractivity contribution in [2.24, 2.45) is 17.7 Å². The SMILES string of the molecule is CCC1CCCCC1C(COc1ccccc1)NN. The van der Waals surface area contributed by atoms with Crippen LogP contribution < -0.4 is 16.0 Å². The van der Waals surface area contributed by atoms with Gasteiger partial charge in [0, 0.05) is 0 Å². The highest BCUT2D eigenvalue weighted by atomic mass is 16.5. The maximum absolute atomic E-state index is 5.86. The zero-order chi connectivity index (χ0) is 13.5. The van der Waals surface area contributed by atoms with Gasteiger partial charge in [0.05, 0.1) is 6.04 Å². The molecule has 2 rings (SSSR count). The van der Waals surface area contributed by atoms with E-state index in [4.69, 9.17) is 10.6 Å². The average Bonchev–Trinajstić information content (AvgIpc) is 2.49. The first-order chi connectivity index (χ1) is 9.35. The van der Waals surface area contributed by atoms with Crippen molar-refractivity contribution in [2.75, 3.05) is 6.61 Å². The quantitative estimate of drug-likeness (QED) is 0.611. The van der Waals surface area contributed by atoms with Gasteiger partial charge in [-0.05, 0) is 30.4 Å². The van der Waals surface area contributed by atoms with Gasteiger partial charge >= 0.3 is 0 Å². The molecular weight excluding hydrogens is 236 g/mol. The van der Waals surface area contributed by atoms with Crippen molar-refractivity contribution >= 4 is 0 Å². The number of rotatable bonds is 6. The first-order valence-electron chi connectivity index (χ1n) is 7.49. The predicted molar refractivity (Wildman–Crippen MR) is 78.8 cm³/mol. The average molecular weight is 262 g/mol. The van der Waals surface area contributed by atoms with Crippen LogP contribution in [-0.2, 0) is 0 Å². The lowest BCUT2D eigenvalue weighted by molar-refractivity contribution is 0.133. The smallest absolute Gasteiger partial charge is 0.119 e. The van der Waals surface area contributed by atoms with Crippen LogP contribution >= 0.6 is 0 Å². The largest absolute Gasteiger partial charge is 0.492 e. The monoisotopic (exact) mass is 262 g/mol. The molecule has 19 heavy (non-hydrogen) atoms. The first-order valence-corrected chi connectivity index (χ1v) is 7.49. The molecule has 1 aliphatic rings. The molecule has 3 unspecified atom stereocenters. The molecule has 1 fully saturated rings. The summed E-state index contributed by atoms with van der Waals surface area (Å²) in [5, 5.41) is 0. The van der Waals surface area contributed by atoms with Crippen molar-refractivity contribution in [3.8, 4) is 5.75 Å². The molecule has 1 aromatic rings. The normalized spacial score (nSPS) is 24.9. The minimum Gasteiger partial charge on any atom is -0.492 e. The second-order valence-corrected chi connectivity index (χ2v) is 5.51. The lowest BCUT2D eigenvalue weighted by Crippen LogP contribution is -2.48. The molecule has 0 heterocycles. The molecule has 0 spiro atoms. The summed E-state index contributed by atoms with van der Waals surface area (Å²) < 4.78 is 5.86. The number of hydrogen-bond acceptors (Lipinski definition) is 3. The molecule has 3 nitrogen and oxygen atoms in total. The second kappa shape index (κ2) is 7.51. The predicted octanol–water partition coefficient (Wildman–Crippen LogP) is 3.11. The Bertz CT molecular complexity index is 355. The van der Waals surface area contributed by atoms with E-state index >= 15 is 0 Å². The molecule has 1 saturated carbocycles. The van der Waals surface area contributed by atoms with Crippen LogP contribution in [-0.4, -0.2) is 12.6 Å². The minimum absolute atomic E-state index is 0.255. The molecule has 0 radical (unpaired) electrons. The standard InChI is InChI=1S/C16H26N2O/c1-2-13-8-6-7-11-15(13)16(18-17)12-19-14-9-4-3-5-10-14/h3-5,9-10,13,15-16,18H,2,6-8,11-12,17H2,1H3. The van der Waals surface area contributed by atoms with Crippen molar-refractivity contribution in [1.29, 1.82) is 0 Å². The molecule has 0 saturated heterocycles. The van der Waals surface area contributed by atoms with E-state index in [1.165, 1.54) is 32.1 Å². The van der Waals surface area contributed by atoms with Gasteiger partial charge in [-0.15, -0.1) is 0 Å². The number of benzene rings is 1. The van der Waals surface area contributed by atoms with Crippen molar-refractivity contribution < 1.29 is 4.74 Å². The van der Waals surface area contributed by atoms with Gasteiger partial charge in [0.15, 0.2) is 0 Å². The fourth-order valence-electron chi connectivity index (χ4n) is 3.27. The minimum atomic E-state index is 0.255. The molecular formula is C16H26N2O. The lowest BCUT2D eigenvalue weighted by atomic mass is 9.74. The lowest BCUT2D eigenvalue weighted by Gasteiger charge is -2.36. The molecule has 1 aliphatic carbocycles. The molecule has 3 heteroatoms. The summed E-state index contributed by atoms with van der Waals surface area (Å²) in [4.78, 5) is 0. The van der Waals surface area contributed by atoms with E-state index in [0.717, 1.165) is 11.7 Å². The van der Waals surface area contributed by atoms with Crippen molar-refractivity contribution in [2.45, 2.75) is 45.1 Å². The Kier molecular flexibility index (Phi) is 5.67. The molecule has 1 aromatic carbocycles. The second-order valence-electron chi connectivity index (χ2n) is 5.51. The van der Waals surface area contributed by atoms with Crippen LogP contribution in [0, 0.1) is 11.8 Å². The van der Waals surface area contributed by atoms with Gasteiger partial charge in [0.25, 0.3) is 0 Å². The summed E-state index contributed by atoms with van der Waals surface area (Å²) >= 11 is 0. The van der Waals surface area contributed by atoms with Crippen molar-refractivity contribution in [3.63, 3.8) is 0 Å². The van der Waals surface area contributed by atoms with Crippen molar-refractivity contribution in [1.82, 2.24) is 5.43 Å². The van der Waals surface area contributed by atoms with E-state index < -0.39 is 0 Å². The summed E-state index contributed by atoms with van der Waals surface area (Å²) in [6.45, 7) is 2.94. The maximum Gasteiger partial charge on any atom is 0.119 e. The molecule has 3 atom stereocenters. The first kappa shape index (κ1) is 14.4. The summed E-state index contributed by atoms with van der Waals surface area (Å²) in [6, 6.07) is 10.2. The molecule has 106 valence electrons. The number of hydrogen-bond donors (Lipinski definition) is 2. The zero-order valence-electron chi connectivity index (χ0n) is 11.8. The van der Waals surface area contributed by atoms with Gasteiger partial charge in [-0.3, -0.25) is 11.3 Å². The topological polar surface area (TPSA) is 47.3 Å². The van der Waals surface area contributed by atoms with Crippen LogP contribution in [0.15, 0.2) is 30.3 Å². The van der Waals surface area contributed by atoms with Crippen LogP contribution in [0.25, 0.3) is 0 Å². The number of nitrogens with two attached hydrogens (primary N) is 1. The Hall–Kier alpha value is -1.06. The molecule has 3 N–H and O–H groups in total. The van der Waals surface area contributed by atoms with Crippen LogP contribution in [0.2, 0.25) is 0 Å². The summed E-state index contributed by atoms with van der Waals surface area (Å²) in [5.74, 6) is 8.11. The molecule has 0 aliphatic heterocycles. The number of nitrogens with one attached hydrogen (secondary N) is 1. The Morgan fingerprint density at radius 2 is 2.00 bits per heavy atom. The van der Waals surface area contributed by atoms with Gasteiger partial charge in [-0.25, -0.2) is 0 Å². The van der Waals surface area contributed by atoms with Gasteiger partial charge < -0.3 is 4.74 Å². The van der Waals surface area contributed by atoms with E-state index in [0.29, 0.717) is 12.5 Å². The highest BCUT2D eigenvalue weighted by Crippen LogP contribution is 2.34. The maximum atomic E-state index is 5.86. The van der Waals surface area contributed by atoms with Crippen LogP contribution in [0.5, 0.6) is 5.75 Å². The third-order valence-electron chi connectivity index (χ3n) is 4.40. The fourth-order valence-corrected chi connectivity index (χ4v) is 3.27. The van der Waals surface area contributed by atoms with E-state index in [9.17, 15) is 0 Å². The van der Waals surface area contributed by atoms with Crippen LogP contribution in [0.1, 0.15) is 39.0 Å². The Balaban J connectivity index is 1.91. The Morgan fingerprint density at radius 3 is 2.68 bits per heavy atom. The van der Waals surface area contributed by atoms with E-state index in [2.05, 4.69) is 12.3 Å². The third kappa shape index (κ3) is 3.95. The molecule has 0 aromatic heterocycles. The van der Waals surface area contributed by atoms with Gasteiger partial charge in [0.1, 0.15) is 12.4 Å². The third-order valence-corrected chi connectivity index (χ3v) is 4.40. The highest BCUT2D eigenvalue weighted by Gasteiger charge is 2.30. The van der Waals surface area contributed by atoms with Gasteiger partial charge in [-0.2, -0.15) is 0 Å². The van der Waals surface area contributed by atoms with Gasteiger partial charge in [-0.1, -0.05) is 50.8 Å². The molecule has 0 bridgehead atoms. The van der Waals surface area contributed by atoms with Crippen LogP contribution in [0.4, 0.5) is 0 Å². The summed E-state index contributed by atoms with van der Waals surface area (Å²) in [6.07, 6.45) is 6.54. The zero-order valence-corrected chi connectivity index (χ0v) is 11.8. The van der Waals surface area contributed by atoms with E-state index in [-0.39, 0.29) is 6.04 Å². The van der Waals surface area contributed by atoms with E-state index in [1.807, 2.05) is 30.3 Å². The Morgan fingerprint density at radius 1 is 1.26 bits per heavy atom. The Labute approximate surface area is 116 Å². The molecule has 0 amide bonds. The number of ether oxygens (including phenoxy) is 1. The fraction of sp³-hybridized carbons (Fsp3) is 0.625.